The number of amides is 1. The third kappa shape index (κ3) is 4.42. The number of nitrogens with zero attached hydrogens (tertiary/aromatic N) is 1. The van der Waals surface area contributed by atoms with Gasteiger partial charge in [-0.2, -0.15) is 13.2 Å². The molecule has 4 aliphatic carbocycles. The molecular formula is C33H49F3N2O4S. The van der Waals surface area contributed by atoms with Gasteiger partial charge in [0.2, 0.25) is 0 Å². The molecule has 5 aliphatic rings. The van der Waals surface area contributed by atoms with Gasteiger partial charge in [0.15, 0.2) is 5.13 Å². The van der Waals surface area contributed by atoms with Gasteiger partial charge in [-0.1, -0.05) is 34.6 Å². The van der Waals surface area contributed by atoms with Crippen molar-refractivity contribution in [3.8, 4) is 0 Å². The van der Waals surface area contributed by atoms with Crippen LogP contribution in [0.1, 0.15) is 111 Å². The van der Waals surface area contributed by atoms with Crippen LogP contribution in [-0.4, -0.2) is 50.7 Å². The van der Waals surface area contributed by atoms with Crippen molar-refractivity contribution < 1.29 is 32.9 Å². The Labute approximate surface area is 257 Å². The average Bonchev–Trinajstić information content (AvgIpc) is 3.56. The Morgan fingerprint density at radius 3 is 2.26 bits per heavy atom. The number of carbonyl (C=O) groups excluding carboxylic acids is 1. The van der Waals surface area contributed by atoms with Crippen molar-refractivity contribution in [1.82, 2.24) is 4.98 Å². The highest BCUT2D eigenvalue weighted by molar-refractivity contribution is 7.15. The van der Waals surface area contributed by atoms with Gasteiger partial charge >= 0.3 is 12.1 Å². The maximum Gasteiger partial charge on any atom is 0.471 e. The van der Waals surface area contributed by atoms with E-state index in [0.717, 1.165) is 49.1 Å². The monoisotopic (exact) mass is 626 g/mol. The van der Waals surface area contributed by atoms with Crippen molar-refractivity contribution in [3.63, 3.8) is 0 Å². The summed E-state index contributed by atoms with van der Waals surface area (Å²) in [5.41, 5.74) is -1.21. The molecule has 1 saturated heterocycles. The zero-order chi connectivity index (χ0) is 31.8. The molecule has 3 saturated carbocycles. The van der Waals surface area contributed by atoms with Gasteiger partial charge in [0.25, 0.3) is 0 Å². The standard InChI is InChI=1S/C33H49F3N2O4S/c1-27(2)20-10-13-30(6)21(29(20,5)16-19-24(27)37-26(43-19)38-25(40)33(34,35)36)15-18(39)23-17(9-12-31(23,30)7)32(8)14-11-22(42-32)28(3,4)41/h17-18,20-23,39,41H,9-16H2,1-8H3,(H,37,38,40)/t17?,18-,20+,21-,22-,23+,29+,30-,31-,32+/m1/s1. The van der Waals surface area contributed by atoms with Crippen molar-refractivity contribution in [2.45, 2.75) is 142 Å². The van der Waals surface area contributed by atoms with E-state index in [1.54, 1.807) is 0 Å². The number of hydrogen-bond acceptors (Lipinski definition) is 6. The van der Waals surface area contributed by atoms with Crippen LogP contribution in [-0.2, 0) is 21.4 Å². The van der Waals surface area contributed by atoms with Crippen LogP contribution in [0.4, 0.5) is 18.3 Å². The molecule has 4 fully saturated rings. The molecule has 0 spiro atoms. The SMILES string of the molecule is CC(C)(O)[C@H]1CC[C@@](C)(C2CC[C@]3(C)[C@@H]2[C@H](O)C[C@@H]2[C@@]4(C)Cc5sc(NC(=O)C(F)(F)F)nc5C(C)(C)[C@@H]4CC[C@]23C)O1. The first-order valence-corrected chi connectivity index (χ1v) is 16.9. The first kappa shape index (κ1) is 31.7. The Hall–Kier alpha value is -1.23. The summed E-state index contributed by atoms with van der Waals surface area (Å²) in [6.07, 6.45) is 1.40. The second-order valence-electron chi connectivity index (χ2n) is 16.7. The third-order valence-electron chi connectivity index (χ3n) is 13.7. The van der Waals surface area contributed by atoms with Crippen molar-refractivity contribution >= 4 is 22.4 Å². The van der Waals surface area contributed by atoms with E-state index in [9.17, 15) is 28.2 Å². The van der Waals surface area contributed by atoms with Crippen LogP contribution in [0.25, 0.3) is 0 Å². The second kappa shape index (κ2) is 9.41. The van der Waals surface area contributed by atoms with Gasteiger partial charge in [0, 0.05) is 10.3 Å². The lowest BCUT2D eigenvalue weighted by Crippen LogP contribution is -2.66. The fourth-order valence-corrected chi connectivity index (χ4v) is 12.9. The van der Waals surface area contributed by atoms with E-state index >= 15 is 0 Å². The van der Waals surface area contributed by atoms with Crippen LogP contribution in [0, 0.1) is 39.9 Å². The highest BCUT2D eigenvalue weighted by Crippen LogP contribution is 2.76. The lowest BCUT2D eigenvalue weighted by atomic mass is 9.35. The zero-order valence-electron chi connectivity index (χ0n) is 26.8. The molecular weight excluding hydrogens is 577 g/mol. The lowest BCUT2D eigenvalue weighted by molar-refractivity contribution is -0.227. The number of aliphatic hydroxyl groups is 2. The smallest absolute Gasteiger partial charge is 0.393 e. The predicted molar refractivity (Wildman–Crippen MR) is 160 cm³/mol. The van der Waals surface area contributed by atoms with E-state index in [4.69, 9.17) is 4.74 Å². The van der Waals surface area contributed by atoms with E-state index in [1.807, 2.05) is 19.2 Å². The summed E-state index contributed by atoms with van der Waals surface area (Å²) >= 11 is 1.17. The van der Waals surface area contributed by atoms with E-state index in [2.05, 4.69) is 46.5 Å². The Morgan fingerprint density at radius 2 is 1.65 bits per heavy atom. The summed E-state index contributed by atoms with van der Waals surface area (Å²) in [5.74, 6) is -1.23. The number of thiazole rings is 1. The lowest BCUT2D eigenvalue weighted by Gasteiger charge is -2.69. The molecule has 1 aliphatic heterocycles. The maximum atomic E-state index is 13.0. The molecule has 6 rings (SSSR count). The van der Waals surface area contributed by atoms with E-state index < -0.39 is 23.8 Å². The third-order valence-corrected chi connectivity index (χ3v) is 14.7. The number of alkyl halides is 3. The molecule has 1 unspecified atom stereocenters. The minimum atomic E-state index is -4.97. The molecule has 3 N–H and O–H groups in total. The number of ether oxygens (including phenoxy) is 1. The molecule has 1 amide bonds. The Morgan fingerprint density at radius 1 is 1.00 bits per heavy atom. The van der Waals surface area contributed by atoms with E-state index in [1.165, 1.54) is 11.3 Å². The van der Waals surface area contributed by atoms with Gasteiger partial charge in [0.1, 0.15) is 0 Å². The number of fused-ring (bicyclic) bond motifs is 6. The van der Waals surface area contributed by atoms with Crippen LogP contribution in [0.5, 0.6) is 0 Å². The normalized spacial score (nSPS) is 45.6. The minimum absolute atomic E-state index is 0.00826. The highest BCUT2D eigenvalue weighted by Gasteiger charge is 2.72. The number of anilines is 1. The zero-order valence-corrected chi connectivity index (χ0v) is 27.6. The second-order valence-corrected chi connectivity index (χ2v) is 17.8. The average molecular weight is 627 g/mol. The molecule has 10 atom stereocenters. The van der Waals surface area contributed by atoms with Crippen LogP contribution >= 0.6 is 11.3 Å². The first-order valence-electron chi connectivity index (χ1n) is 16.0. The molecule has 6 nitrogen and oxygen atoms in total. The fourth-order valence-electron chi connectivity index (χ4n) is 11.6. The van der Waals surface area contributed by atoms with E-state index in [-0.39, 0.29) is 62.2 Å². The Balaban J connectivity index is 1.33. The number of hydrogen-bond donors (Lipinski definition) is 3. The van der Waals surface area contributed by atoms with Crippen molar-refractivity contribution in [3.05, 3.63) is 10.6 Å². The molecule has 1 aromatic rings. The Kier molecular flexibility index (Phi) is 6.95. The van der Waals surface area contributed by atoms with E-state index in [0.29, 0.717) is 12.8 Å². The summed E-state index contributed by atoms with van der Waals surface area (Å²) in [6.45, 7) is 17.3. The summed E-state index contributed by atoms with van der Waals surface area (Å²) in [5, 5.41) is 24.8. The van der Waals surface area contributed by atoms with Gasteiger partial charge in [-0.25, -0.2) is 4.98 Å². The maximum absolute atomic E-state index is 13.0. The molecule has 43 heavy (non-hydrogen) atoms. The molecule has 0 bridgehead atoms. The van der Waals surface area contributed by atoms with Crippen LogP contribution < -0.4 is 5.32 Å². The Bertz CT molecular complexity index is 1310. The number of aliphatic hydroxyl groups excluding tert-OH is 1. The summed E-state index contributed by atoms with van der Waals surface area (Å²) in [7, 11) is 0. The summed E-state index contributed by atoms with van der Waals surface area (Å²) in [6, 6.07) is 0. The van der Waals surface area contributed by atoms with Crippen LogP contribution in [0.2, 0.25) is 0 Å². The molecule has 1 aromatic heterocycles. The number of nitrogens with one attached hydrogen (secondary N) is 1. The summed E-state index contributed by atoms with van der Waals surface area (Å²) in [4.78, 5) is 17.2. The molecule has 0 radical (unpaired) electrons. The number of aromatic nitrogens is 1. The van der Waals surface area contributed by atoms with Gasteiger partial charge in [-0.15, -0.1) is 11.3 Å². The summed E-state index contributed by atoms with van der Waals surface area (Å²) < 4.78 is 45.7. The molecule has 0 aromatic carbocycles. The van der Waals surface area contributed by atoms with Crippen LogP contribution in [0.3, 0.4) is 0 Å². The molecule has 10 heteroatoms. The minimum Gasteiger partial charge on any atom is -0.393 e. The number of rotatable bonds is 3. The largest absolute Gasteiger partial charge is 0.471 e. The highest BCUT2D eigenvalue weighted by atomic mass is 32.1. The number of carbonyl (C=O) groups is 1. The quantitative estimate of drug-likeness (QED) is 0.335. The predicted octanol–water partition coefficient (Wildman–Crippen LogP) is 7.02. The van der Waals surface area contributed by atoms with Gasteiger partial charge in [0.05, 0.1) is 29.1 Å². The fraction of sp³-hybridized carbons (Fsp3) is 0.879. The first-order chi connectivity index (χ1) is 19.6. The van der Waals surface area contributed by atoms with Gasteiger partial charge < -0.3 is 14.9 Å². The van der Waals surface area contributed by atoms with Crippen LogP contribution in [0.15, 0.2) is 0 Å². The van der Waals surface area contributed by atoms with Crippen molar-refractivity contribution in [2.24, 2.45) is 39.9 Å². The topological polar surface area (TPSA) is 91.7 Å². The number of halogens is 3. The molecule has 2 heterocycles. The van der Waals surface area contributed by atoms with Crippen molar-refractivity contribution in [1.29, 1.82) is 0 Å². The molecule has 242 valence electrons. The van der Waals surface area contributed by atoms with Gasteiger partial charge in [-0.05, 0) is 112 Å². The van der Waals surface area contributed by atoms with Gasteiger partial charge in [-0.3, -0.25) is 10.1 Å². The van der Waals surface area contributed by atoms with Crippen molar-refractivity contribution in [2.75, 3.05) is 5.32 Å².